The van der Waals surface area contributed by atoms with Crippen LogP contribution in [0.2, 0.25) is 0 Å². The summed E-state index contributed by atoms with van der Waals surface area (Å²) in [4.78, 5) is 23.9. The van der Waals surface area contributed by atoms with Gasteiger partial charge in [0, 0.05) is 36.6 Å². The van der Waals surface area contributed by atoms with Crippen molar-refractivity contribution >= 4 is 63.0 Å². The number of carbonyl (C=O) groups excluding carboxylic acids is 1. The van der Waals surface area contributed by atoms with Crippen LogP contribution in [0.15, 0.2) is 54.7 Å². The minimum atomic E-state index is 0.0840. The smallest absolute Gasteiger partial charge is 0.229 e. The van der Waals surface area contributed by atoms with E-state index < -0.39 is 0 Å². The molecule has 1 aliphatic carbocycles. The van der Waals surface area contributed by atoms with Crippen LogP contribution >= 0.6 is 22.6 Å². The molecule has 34 heavy (non-hydrogen) atoms. The third-order valence-corrected chi connectivity index (χ3v) is 6.95. The summed E-state index contributed by atoms with van der Waals surface area (Å²) in [5, 5.41) is 9.72. The van der Waals surface area contributed by atoms with Gasteiger partial charge in [0.15, 0.2) is 0 Å². The Morgan fingerprint density at radius 1 is 1.00 bits per heavy atom. The number of benzene rings is 2. The fourth-order valence-corrected chi connectivity index (χ4v) is 4.35. The van der Waals surface area contributed by atoms with Gasteiger partial charge < -0.3 is 25.6 Å². The number of anilines is 6. The van der Waals surface area contributed by atoms with Gasteiger partial charge in [0.25, 0.3) is 0 Å². The Bertz CT molecular complexity index is 1150. The second-order valence-electron chi connectivity index (χ2n) is 8.45. The first-order valence-electron chi connectivity index (χ1n) is 11.5. The Balaban J connectivity index is 1.28. The van der Waals surface area contributed by atoms with Crippen molar-refractivity contribution in [3.05, 3.63) is 58.3 Å². The van der Waals surface area contributed by atoms with Crippen LogP contribution in [0, 0.1) is 9.49 Å². The van der Waals surface area contributed by atoms with Crippen molar-refractivity contribution in [2.24, 2.45) is 5.92 Å². The van der Waals surface area contributed by atoms with Crippen LogP contribution in [-0.4, -0.2) is 42.2 Å². The van der Waals surface area contributed by atoms with Crippen LogP contribution in [0.1, 0.15) is 19.3 Å². The van der Waals surface area contributed by atoms with E-state index in [0.717, 1.165) is 66.2 Å². The lowest BCUT2D eigenvalue weighted by atomic mass is 9.85. The van der Waals surface area contributed by atoms with Crippen molar-refractivity contribution in [2.45, 2.75) is 19.3 Å². The van der Waals surface area contributed by atoms with Gasteiger partial charge in [-0.25, -0.2) is 4.98 Å². The molecule has 9 heteroatoms. The highest BCUT2D eigenvalue weighted by Crippen LogP contribution is 2.31. The molecule has 1 aliphatic heterocycles. The number of aromatic nitrogens is 2. The minimum Gasteiger partial charge on any atom is -0.378 e. The van der Waals surface area contributed by atoms with Gasteiger partial charge in [-0.2, -0.15) is 4.98 Å². The molecule has 0 atom stereocenters. The highest BCUT2D eigenvalue weighted by molar-refractivity contribution is 14.1. The summed E-state index contributed by atoms with van der Waals surface area (Å²) in [6.07, 6.45) is 4.83. The molecule has 1 saturated heterocycles. The van der Waals surface area contributed by atoms with Gasteiger partial charge in [-0.3, -0.25) is 4.79 Å². The third-order valence-electron chi connectivity index (χ3n) is 6.16. The first-order chi connectivity index (χ1) is 16.7. The summed E-state index contributed by atoms with van der Waals surface area (Å²) in [6.45, 7) is 3.34. The highest BCUT2D eigenvalue weighted by Gasteiger charge is 2.25. The van der Waals surface area contributed by atoms with Gasteiger partial charge >= 0.3 is 0 Å². The number of hydrogen-bond acceptors (Lipinski definition) is 7. The maximum Gasteiger partial charge on any atom is 0.229 e. The number of hydrogen-bond donors (Lipinski definition) is 3. The van der Waals surface area contributed by atoms with E-state index in [2.05, 4.69) is 65.5 Å². The van der Waals surface area contributed by atoms with Crippen LogP contribution in [-0.2, 0) is 9.53 Å². The standard InChI is InChI=1S/C25H27IN6O2/c26-20-16-27-25(28-18-8-10-19(11-9-18)32-12-14-34-15-13-32)31-23(20)29-21-6-1-2-7-22(21)30-24(33)17-4-3-5-17/h1-2,6-11,16-17H,3-5,12-15H2,(H,30,33)(H2,27,28,29,31). The van der Waals surface area contributed by atoms with Crippen molar-refractivity contribution in [3.63, 3.8) is 0 Å². The number of ether oxygens (including phenoxy) is 1. The van der Waals surface area contributed by atoms with E-state index in [1.54, 1.807) is 6.20 Å². The van der Waals surface area contributed by atoms with Crippen molar-refractivity contribution in [3.8, 4) is 0 Å². The molecule has 2 heterocycles. The minimum absolute atomic E-state index is 0.0840. The van der Waals surface area contributed by atoms with Crippen molar-refractivity contribution in [1.82, 2.24) is 9.97 Å². The third kappa shape index (κ3) is 5.41. The van der Waals surface area contributed by atoms with Crippen LogP contribution in [0.3, 0.4) is 0 Å². The molecular weight excluding hydrogens is 543 g/mol. The monoisotopic (exact) mass is 570 g/mol. The molecule has 5 rings (SSSR count). The second-order valence-corrected chi connectivity index (χ2v) is 9.61. The summed E-state index contributed by atoms with van der Waals surface area (Å²) in [6, 6.07) is 16.0. The molecule has 1 amide bonds. The topological polar surface area (TPSA) is 91.4 Å². The van der Waals surface area contributed by atoms with Crippen molar-refractivity contribution in [2.75, 3.05) is 47.2 Å². The Morgan fingerprint density at radius 2 is 1.74 bits per heavy atom. The van der Waals surface area contributed by atoms with Crippen LogP contribution in [0.5, 0.6) is 0 Å². The maximum atomic E-state index is 12.5. The first kappa shape index (κ1) is 22.9. The molecule has 0 bridgehead atoms. The molecule has 2 aliphatic rings. The Hall–Kier alpha value is -2.92. The molecule has 3 N–H and O–H groups in total. The predicted octanol–water partition coefficient (Wildman–Crippen LogP) is 5.14. The number of nitrogens with one attached hydrogen (secondary N) is 3. The fourth-order valence-electron chi connectivity index (χ4n) is 3.96. The lowest BCUT2D eigenvalue weighted by Crippen LogP contribution is -2.36. The average molecular weight is 570 g/mol. The summed E-state index contributed by atoms with van der Waals surface area (Å²) >= 11 is 2.21. The van der Waals surface area contributed by atoms with E-state index in [4.69, 9.17) is 4.74 Å². The average Bonchev–Trinajstić information content (AvgIpc) is 2.82. The summed E-state index contributed by atoms with van der Waals surface area (Å²) in [5.74, 6) is 1.38. The molecular formula is C25H27IN6O2. The molecule has 0 radical (unpaired) electrons. The Labute approximate surface area is 212 Å². The molecule has 1 saturated carbocycles. The number of halogens is 1. The maximum absolute atomic E-state index is 12.5. The van der Waals surface area contributed by atoms with Gasteiger partial charge in [-0.1, -0.05) is 18.6 Å². The number of morpholine rings is 1. The summed E-state index contributed by atoms with van der Waals surface area (Å²) in [5.41, 5.74) is 3.65. The Kier molecular flexibility index (Phi) is 7.10. The lowest BCUT2D eigenvalue weighted by Gasteiger charge is -2.28. The zero-order valence-corrected chi connectivity index (χ0v) is 20.9. The SMILES string of the molecule is O=C(Nc1ccccc1Nc1nc(Nc2ccc(N3CCOCC3)cc2)ncc1I)C1CCC1. The molecule has 1 aromatic heterocycles. The van der Waals surface area contributed by atoms with E-state index in [1.165, 1.54) is 5.69 Å². The van der Waals surface area contributed by atoms with Crippen LogP contribution in [0.4, 0.5) is 34.5 Å². The van der Waals surface area contributed by atoms with E-state index in [-0.39, 0.29) is 11.8 Å². The number of nitrogens with zero attached hydrogens (tertiary/aromatic N) is 3. The van der Waals surface area contributed by atoms with Gasteiger partial charge in [-0.15, -0.1) is 0 Å². The summed E-state index contributed by atoms with van der Waals surface area (Å²) in [7, 11) is 0. The summed E-state index contributed by atoms with van der Waals surface area (Å²) < 4.78 is 6.31. The first-order valence-corrected chi connectivity index (χ1v) is 12.6. The lowest BCUT2D eigenvalue weighted by molar-refractivity contribution is -0.122. The largest absolute Gasteiger partial charge is 0.378 e. The normalized spacial score (nSPS) is 16.0. The van der Waals surface area contributed by atoms with E-state index in [9.17, 15) is 4.79 Å². The van der Waals surface area contributed by atoms with Gasteiger partial charge in [0.2, 0.25) is 11.9 Å². The molecule has 8 nitrogen and oxygen atoms in total. The Morgan fingerprint density at radius 3 is 2.44 bits per heavy atom. The van der Waals surface area contributed by atoms with E-state index in [1.807, 2.05) is 36.4 Å². The number of rotatable bonds is 7. The van der Waals surface area contributed by atoms with Crippen molar-refractivity contribution in [1.29, 1.82) is 0 Å². The van der Waals surface area contributed by atoms with Crippen LogP contribution < -0.4 is 20.9 Å². The molecule has 0 spiro atoms. The van der Waals surface area contributed by atoms with Gasteiger partial charge in [0.1, 0.15) is 5.82 Å². The second kappa shape index (κ2) is 10.6. The van der Waals surface area contributed by atoms with E-state index >= 15 is 0 Å². The van der Waals surface area contributed by atoms with Crippen LogP contribution in [0.25, 0.3) is 0 Å². The molecule has 0 unspecified atom stereocenters. The molecule has 2 aromatic carbocycles. The number of carbonyl (C=O) groups is 1. The number of para-hydroxylation sites is 2. The predicted molar refractivity (Wildman–Crippen MR) is 143 cm³/mol. The fraction of sp³-hybridized carbons (Fsp3) is 0.320. The molecule has 3 aromatic rings. The van der Waals surface area contributed by atoms with Gasteiger partial charge in [0.05, 0.1) is 28.2 Å². The molecule has 2 fully saturated rings. The quantitative estimate of drug-likeness (QED) is 0.339. The van der Waals surface area contributed by atoms with E-state index in [0.29, 0.717) is 11.8 Å². The zero-order valence-electron chi connectivity index (χ0n) is 18.8. The zero-order chi connectivity index (χ0) is 23.3. The molecule has 176 valence electrons. The number of amides is 1. The highest BCUT2D eigenvalue weighted by atomic mass is 127. The van der Waals surface area contributed by atoms with Gasteiger partial charge in [-0.05, 0) is 71.8 Å². The van der Waals surface area contributed by atoms with Crippen molar-refractivity contribution < 1.29 is 9.53 Å².